The van der Waals surface area contributed by atoms with E-state index in [9.17, 15) is 14.4 Å². The van der Waals surface area contributed by atoms with Gasteiger partial charge in [-0.1, -0.05) is 195 Å². The Kier molecular flexibility index (Phi) is 47.0. The Balaban J connectivity index is 4.54. The minimum absolute atomic E-state index is 0.117. The summed E-state index contributed by atoms with van der Waals surface area (Å²) in [6.07, 6.45) is 65.4. The number of allylic oxidation sites excluding steroid dienone is 16. The van der Waals surface area contributed by atoms with Crippen LogP contribution in [0.5, 0.6) is 0 Å². The molecule has 0 aromatic rings. The van der Waals surface area contributed by atoms with Gasteiger partial charge in [-0.2, -0.15) is 0 Å². The Morgan fingerprint density at radius 2 is 0.710 bits per heavy atom. The molecule has 0 spiro atoms. The number of carbonyl (C=O) groups is 3. The minimum Gasteiger partial charge on any atom is -0.462 e. The minimum atomic E-state index is -0.819. The van der Waals surface area contributed by atoms with Gasteiger partial charge < -0.3 is 14.2 Å². The first-order valence-corrected chi connectivity index (χ1v) is 25.3. The molecule has 6 nitrogen and oxygen atoms in total. The summed E-state index contributed by atoms with van der Waals surface area (Å²) >= 11 is 0. The molecule has 0 amide bonds. The summed E-state index contributed by atoms with van der Waals surface area (Å²) < 4.78 is 16.7. The molecule has 0 aliphatic carbocycles. The fraction of sp³-hybridized carbons (Fsp3) is 0.661. The predicted octanol–water partition coefficient (Wildman–Crippen LogP) is 16.6. The molecule has 0 bridgehead atoms. The van der Waals surface area contributed by atoms with Gasteiger partial charge in [0.05, 0.1) is 0 Å². The molecule has 1 atom stereocenters. The number of ether oxygens (including phenoxy) is 3. The highest BCUT2D eigenvalue weighted by atomic mass is 16.6. The number of hydrogen-bond donors (Lipinski definition) is 0. The van der Waals surface area contributed by atoms with Gasteiger partial charge in [0.15, 0.2) is 6.10 Å². The topological polar surface area (TPSA) is 78.9 Å². The van der Waals surface area contributed by atoms with E-state index in [2.05, 4.69) is 112 Å². The molecule has 0 fully saturated rings. The second kappa shape index (κ2) is 50.0. The second-order valence-corrected chi connectivity index (χ2v) is 16.4. The first-order chi connectivity index (χ1) is 30.5. The van der Waals surface area contributed by atoms with Crippen LogP contribution in [0.2, 0.25) is 0 Å². The van der Waals surface area contributed by atoms with E-state index in [1.165, 1.54) is 70.6 Å². The Hall–Kier alpha value is -3.67. The van der Waals surface area contributed by atoms with Crippen LogP contribution in [0.25, 0.3) is 0 Å². The Bertz CT molecular complexity index is 1260. The van der Waals surface area contributed by atoms with Crippen LogP contribution in [0.4, 0.5) is 0 Å². The van der Waals surface area contributed by atoms with Crippen molar-refractivity contribution < 1.29 is 28.6 Å². The van der Waals surface area contributed by atoms with Crippen molar-refractivity contribution in [2.75, 3.05) is 13.2 Å². The largest absolute Gasteiger partial charge is 0.462 e. The highest BCUT2D eigenvalue weighted by molar-refractivity contribution is 5.71. The first-order valence-electron chi connectivity index (χ1n) is 25.3. The fourth-order valence-corrected chi connectivity index (χ4v) is 6.53. The molecule has 0 heterocycles. The third-order valence-electron chi connectivity index (χ3n) is 10.3. The van der Waals surface area contributed by atoms with Crippen molar-refractivity contribution in [3.8, 4) is 0 Å². The van der Waals surface area contributed by atoms with E-state index in [0.29, 0.717) is 19.3 Å². The van der Waals surface area contributed by atoms with Gasteiger partial charge in [0.1, 0.15) is 13.2 Å². The lowest BCUT2D eigenvalue weighted by Gasteiger charge is -2.18. The zero-order chi connectivity index (χ0) is 45.1. The van der Waals surface area contributed by atoms with Gasteiger partial charge in [-0.25, -0.2) is 0 Å². The van der Waals surface area contributed by atoms with Crippen LogP contribution in [0.3, 0.4) is 0 Å². The van der Waals surface area contributed by atoms with Gasteiger partial charge in [0, 0.05) is 19.3 Å². The summed E-state index contributed by atoms with van der Waals surface area (Å²) in [6, 6.07) is 0. The third-order valence-corrected chi connectivity index (χ3v) is 10.3. The van der Waals surface area contributed by atoms with E-state index in [0.717, 1.165) is 103 Å². The lowest BCUT2D eigenvalue weighted by atomic mass is 10.1. The molecule has 0 rings (SSSR count). The van der Waals surface area contributed by atoms with E-state index in [1.807, 2.05) is 6.08 Å². The van der Waals surface area contributed by atoms with Gasteiger partial charge in [-0.15, -0.1) is 0 Å². The van der Waals surface area contributed by atoms with Crippen molar-refractivity contribution in [1.82, 2.24) is 0 Å². The summed E-state index contributed by atoms with van der Waals surface area (Å²) in [6.45, 7) is 6.38. The number of unbranched alkanes of at least 4 members (excludes halogenated alkanes) is 18. The summed E-state index contributed by atoms with van der Waals surface area (Å²) in [5, 5.41) is 0. The molecule has 0 radical (unpaired) electrons. The summed E-state index contributed by atoms with van der Waals surface area (Å²) in [7, 11) is 0. The average molecular weight is 861 g/mol. The van der Waals surface area contributed by atoms with Crippen molar-refractivity contribution in [2.24, 2.45) is 0 Å². The smallest absolute Gasteiger partial charge is 0.306 e. The van der Waals surface area contributed by atoms with Gasteiger partial charge in [0.25, 0.3) is 0 Å². The zero-order valence-electron chi connectivity index (χ0n) is 40.1. The van der Waals surface area contributed by atoms with E-state index >= 15 is 0 Å². The molecule has 352 valence electrons. The van der Waals surface area contributed by atoms with Crippen LogP contribution >= 0.6 is 0 Å². The maximum absolute atomic E-state index is 12.8. The number of rotatable bonds is 44. The molecule has 1 unspecified atom stereocenters. The van der Waals surface area contributed by atoms with E-state index in [1.54, 1.807) is 0 Å². The number of esters is 3. The Morgan fingerprint density at radius 1 is 0.355 bits per heavy atom. The van der Waals surface area contributed by atoms with Crippen LogP contribution in [0, 0.1) is 0 Å². The summed E-state index contributed by atoms with van der Waals surface area (Å²) in [4.78, 5) is 37.9. The lowest BCUT2D eigenvalue weighted by Crippen LogP contribution is -2.30. The maximum atomic E-state index is 12.8. The maximum Gasteiger partial charge on any atom is 0.306 e. The molecule has 0 aromatic carbocycles. The molecule has 0 saturated heterocycles. The molecule has 0 N–H and O–H groups in total. The van der Waals surface area contributed by atoms with Crippen LogP contribution < -0.4 is 0 Å². The average Bonchev–Trinajstić information content (AvgIpc) is 3.27. The van der Waals surface area contributed by atoms with Gasteiger partial charge in [-0.05, 0) is 103 Å². The standard InChI is InChI=1S/C56H92O6/c1-4-7-10-13-16-19-22-25-27-29-31-34-37-40-43-46-49-55(58)61-52-53(51-60-54(57)48-45-42-39-36-33-30-24-21-18-15-12-9-6-3)62-56(59)50-47-44-41-38-35-32-28-26-23-20-17-14-11-8-5-2/h7,10,16-17,19-20,23,25-27,30-31,33-34,39,42,53H,4-6,8-9,11-15,18,21-22,24,28-29,32,35-38,40-41,43-52H2,1-3H3/b10-7-,19-16-,20-17-,26-23-,27-25-,33-30-,34-31-,42-39-. The summed E-state index contributed by atoms with van der Waals surface area (Å²) in [5.74, 6) is -1.03. The fourth-order valence-electron chi connectivity index (χ4n) is 6.53. The molecule has 62 heavy (non-hydrogen) atoms. The van der Waals surface area contributed by atoms with E-state index in [-0.39, 0.29) is 37.5 Å². The van der Waals surface area contributed by atoms with Crippen LogP contribution in [-0.4, -0.2) is 37.2 Å². The molecule has 0 aliphatic rings. The van der Waals surface area contributed by atoms with Gasteiger partial charge in [0.2, 0.25) is 0 Å². The van der Waals surface area contributed by atoms with Crippen molar-refractivity contribution in [3.63, 3.8) is 0 Å². The third kappa shape index (κ3) is 47.4. The molecule has 0 aliphatic heterocycles. The van der Waals surface area contributed by atoms with Crippen molar-refractivity contribution in [1.29, 1.82) is 0 Å². The van der Waals surface area contributed by atoms with Crippen molar-refractivity contribution >= 4 is 17.9 Å². The van der Waals surface area contributed by atoms with E-state index < -0.39 is 6.10 Å². The van der Waals surface area contributed by atoms with E-state index in [4.69, 9.17) is 14.2 Å². The van der Waals surface area contributed by atoms with Crippen LogP contribution in [0.1, 0.15) is 220 Å². The molecular weight excluding hydrogens is 769 g/mol. The van der Waals surface area contributed by atoms with Crippen LogP contribution in [-0.2, 0) is 28.6 Å². The first kappa shape index (κ1) is 58.3. The normalized spacial score (nSPS) is 12.9. The summed E-state index contributed by atoms with van der Waals surface area (Å²) in [5.41, 5.74) is 0. The lowest BCUT2D eigenvalue weighted by molar-refractivity contribution is -0.166. The van der Waals surface area contributed by atoms with Gasteiger partial charge >= 0.3 is 17.9 Å². The monoisotopic (exact) mass is 861 g/mol. The predicted molar refractivity (Wildman–Crippen MR) is 265 cm³/mol. The second-order valence-electron chi connectivity index (χ2n) is 16.4. The van der Waals surface area contributed by atoms with Crippen molar-refractivity contribution in [2.45, 2.75) is 226 Å². The SMILES string of the molecule is CC/C=C\C/C=C\C/C=C\C/C=C\CCCCCC(=O)OCC(COC(=O)CC/C=C\C/C=C\CCCCCCCC)OC(=O)CCCCCCCC/C=C\C=C/CCCCC. The highest BCUT2D eigenvalue weighted by Crippen LogP contribution is 2.12. The zero-order valence-corrected chi connectivity index (χ0v) is 40.1. The molecular formula is C56H92O6. The van der Waals surface area contributed by atoms with Crippen LogP contribution in [0.15, 0.2) is 97.2 Å². The van der Waals surface area contributed by atoms with Gasteiger partial charge in [-0.3, -0.25) is 14.4 Å². The number of carbonyl (C=O) groups excluding carboxylic acids is 3. The molecule has 0 saturated carbocycles. The Morgan fingerprint density at radius 3 is 1.23 bits per heavy atom. The Labute approximate surface area is 381 Å². The molecule has 0 aromatic heterocycles. The quantitative estimate of drug-likeness (QED) is 0.0200. The highest BCUT2D eigenvalue weighted by Gasteiger charge is 2.19. The molecule has 6 heteroatoms. The van der Waals surface area contributed by atoms with Crippen molar-refractivity contribution in [3.05, 3.63) is 97.2 Å². The number of hydrogen-bond acceptors (Lipinski definition) is 6.